The summed E-state index contributed by atoms with van der Waals surface area (Å²) < 4.78 is 30.3. The number of nitrogens with one attached hydrogen (secondary N) is 1. The number of carbonyl (C=O) groups excluding carboxylic acids is 1. The molecule has 0 saturated heterocycles. The molecule has 5 aromatic rings. The Labute approximate surface area is 231 Å². The quantitative estimate of drug-likeness (QED) is 0.126. The predicted octanol–water partition coefficient (Wildman–Crippen LogP) is 6.90. The average Bonchev–Trinajstić information content (AvgIpc) is 3.36. The Balaban J connectivity index is 1.60. The second-order valence-electron chi connectivity index (χ2n) is 8.78. The van der Waals surface area contributed by atoms with Crippen molar-refractivity contribution in [3.63, 3.8) is 0 Å². The van der Waals surface area contributed by atoms with Crippen LogP contribution in [0.1, 0.15) is 16.4 Å². The number of carbonyl (C=O) groups is 1. The Bertz CT molecular complexity index is 1700. The first-order valence-electron chi connectivity index (χ1n) is 12.1. The SMILES string of the molecule is Cc1ccc(NC(=O)[C@@H](Sc2nnc(-c3ccccc3)n2-c2ccc(F)cc2F)c2ccccc2)c([N+](=O)[O-])c1. The molecule has 0 fully saturated rings. The lowest BCUT2D eigenvalue weighted by Gasteiger charge is -2.18. The number of nitrogens with zero attached hydrogens (tertiary/aromatic N) is 4. The summed E-state index contributed by atoms with van der Waals surface area (Å²) in [5.74, 6) is -1.85. The molecule has 8 nitrogen and oxygen atoms in total. The fourth-order valence-corrected chi connectivity index (χ4v) is 5.15. The zero-order valence-corrected chi connectivity index (χ0v) is 21.8. The molecule has 200 valence electrons. The standard InChI is InChI=1S/C29H21F2N5O3S/c1-18-12-14-23(25(16-18)36(38)39)32-28(37)26(19-8-4-2-5-9-19)40-29-34-33-27(20-10-6-3-7-11-20)35(29)24-15-13-21(30)17-22(24)31/h2-17,26H,1H3,(H,32,37)/t26-/m0/s1. The van der Waals surface area contributed by atoms with Gasteiger partial charge in [0, 0.05) is 17.7 Å². The highest BCUT2D eigenvalue weighted by molar-refractivity contribution is 8.00. The number of benzene rings is 4. The lowest BCUT2D eigenvalue weighted by molar-refractivity contribution is -0.384. The van der Waals surface area contributed by atoms with Crippen molar-refractivity contribution in [1.29, 1.82) is 0 Å². The Kier molecular flexibility index (Phi) is 7.65. The molecule has 1 amide bonds. The molecule has 0 spiro atoms. The highest BCUT2D eigenvalue weighted by atomic mass is 32.2. The minimum atomic E-state index is -0.961. The number of hydrogen-bond donors (Lipinski definition) is 1. The molecule has 1 aromatic heterocycles. The third-order valence-electron chi connectivity index (χ3n) is 5.99. The summed E-state index contributed by atoms with van der Waals surface area (Å²) in [4.78, 5) is 24.8. The summed E-state index contributed by atoms with van der Waals surface area (Å²) in [6.07, 6.45) is 0. The van der Waals surface area contributed by atoms with Crippen LogP contribution in [0.4, 0.5) is 20.2 Å². The zero-order chi connectivity index (χ0) is 28.2. The Morgan fingerprint density at radius 2 is 1.65 bits per heavy atom. The molecule has 0 unspecified atom stereocenters. The number of amides is 1. The highest BCUT2D eigenvalue weighted by Crippen LogP contribution is 2.39. The van der Waals surface area contributed by atoms with Gasteiger partial charge in [0.25, 0.3) is 5.69 Å². The van der Waals surface area contributed by atoms with Gasteiger partial charge in [0.15, 0.2) is 11.0 Å². The van der Waals surface area contributed by atoms with E-state index < -0.39 is 27.7 Å². The van der Waals surface area contributed by atoms with Gasteiger partial charge in [-0.25, -0.2) is 8.78 Å². The molecule has 11 heteroatoms. The van der Waals surface area contributed by atoms with E-state index in [1.54, 1.807) is 67.6 Å². The van der Waals surface area contributed by atoms with E-state index in [0.717, 1.165) is 23.9 Å². The molecule has 0 aliphatic rings. The molecule has 0 bridgehead atoms. The number of aromatic nitrogens is 3. The monoisotopic (exact) mass is 557 g/mol. The summed E-state index contributed by atoms with van der Waals surface area (Å²) in [5.41, 5.74) is 1.67. The summed E-state index contributed by atoms with van der Waals surface area (Å²) in [5, 5.41) is 22.1. The van der Waals surface area contributed by atoms with Crippen LogP contribution in [0.25, 0.3) is 17.1 Å². The van der Waals surface area contributed by atoms with Gasteiger partial charge in [-0.05, 0) is 36.2 Å². The van der Waals surface area contributed by atoms with Crippen LogP contribution >= 0.6 is 11.8 Å². The fourth-order valence-electron chi connectivity index (χ4n) is 4.10. The number of anilines is 1. The maximum absolute atomic E-state index is 15.1. The van der Waals surface area contributed by atoms with E-state index >= 15 is 4.39 Å². The molecule has 0 aliphatic carbocycles. The molecule has 1 N–H and O–H groups in total. The first-order chi connectivity index (χ1) is 19.3. The van der Waals surface area contributed by atoms with Crippen molar-refractivity contribution in [3.8, 4) is 17.1 Å². The van der Waals surface area contributed by atoms with Gasteiger partial charge < -0.3 is 5.32 Å². The third kappa shape index (κ3) is 5.59. The first kappa shape index (κ1) is 26.7. The van der Waals surface area contributed by atoms with Gasteiger partial charge in [-0.3, -0.25) is 19.5 Å². The average molecular weight is 558 g/mol. The first-order valence-corrected chi connectivity index (χ1v) is 12.9. The molecule has 0 saturated carbocycles. The van der Waals surface area contributed by atoms with Crippen molar-refractivity contribution in [2.24, 2.45) is 0 Å². The lowest BCUT2D eigenvalue weighted by Crippen LogP contribution is -2.20. The van der Waals surface area contributed by atoms with E-state index in [2.05, 4.69) is 15.5 Å². The normalized spacial score (nSPS) is 11.7. The largest absolute Gasteiger partial charge is 0.319 e. The van der Waals surface area contributed by atoms with Crippen molar-refractivity contribution in [3.05, 3.63) is 130 Å². The van der Waals surface area contributed by atoms with Gasteiger partial charge in [-0.2, -0.15) is 0 Å². The minimum absolute atomic E-state index is 0.00542. The van der Waals surface area contributed by atoms with E-state index in [1.807, 2.05) is 6.07 Å². The van der Waals surface area contributed by atoms with Crippen LogP contribution in [0, 0.1) is 28.7 Å². The van der Waals surface area contributed by atoms with Gasteiger partial charge >= 0.3 is 0 Å². The molecular weight excluding hydrogens is 536 g/mol. The second-order valence-corrected chi connectivity index (χ2v) is 9.85. The predicted molar refractivity (Wildman–Crippen MR) is 148 cm³/mol. The van der Waals surface area contributed by atoms with Crippen LogP contribution in [0.2, 0.25) is 0 Å². The summed E-state index contributed by atoms with van der Waals surface area (Å²) >= 11 is 0.983. The number of nitro groups is 1. The minimum Gasteiger partial charge on any atom is -0.319 e. The van der Waals surface area contributed by atoms with Crippen molar-refractivity contribution in [2.75, 3.05) is 5.32 Å². The Morgan fingerprint density at radius 3 is 2.33 bits per heavy atom. The molecule has 1 heterocycles. The van der Waals surface area contributed by atoms with Gasteiger partial charge in [0.05, 0.1) is 10.6 Å². The Morgan fingerprint density at radius 1 is 0.950 bits per heavy atom. The lowest BCUT2D eigenvalue weighted by atomic mass is 10.1. The van der Waals surface area contributed by atoms with Crippen LogP contribution in [0.15, 0.2) is 102 Å². The maximum atomic E-state index is 15.1. The summed E-state index contributed by atoms with van der Waals surface area (Å²) in [7, 11) is 0. The van der Waals surface area contributed by atoms with Gasteiger partial charge in [0.1, 0.15) is 22.6 Å². The molecule has 40 heavy (non-hydrogen) atoms. The van der Waals surface area contributed by atoms with Crippen molar-refractivity contribution in [1.82, 2.24) is 14.8 Å². The number of aryl methyl sites for hydroxylation is 1. The maximum Gasteiger partial charge on any atom is 0.293 e. The van der Waals surface area contributed by atoms with E-state index in [0.29, 0.717) is 16.7 Å². The van der Waals surface area contributed by atoms with Crippen LogP contribution < -0.4 is 5.32 Å². The number of thioether (sulfide) groups is 1. The van der Waals surface area contributed by atoms with Crippen molar-refractivity contribution < 1.29 is 18.5 Å². The van der Waals surface area contributed by atoms with E-state index in [1.165, 1.54) is 22.8 Å². The molecule has 1 atom stereocenters. The Hall–Kier alpha value is -4.90. The summed E-state index contributed by atoms with van der Waals surface area (Å²) in [6.45, 7) is 1.72. The number of hydrogen-bond acceptors (Lipinski definition) is 6. The van der Waals surface area contributed by atoms with Gasteiger partial charge in [-0.1, -0.05) is 78.5 Å². The molecular formula is C29H21F2N5O3S. The number of nitro benzene ring substituents is 1. The van der Waals surface area contributed by atoms with Gasteiger partial charge in [-0.15, -0.1) is 10.2 Å². The molecule has 5 rings (SSSR count). The van der Waals surface area contributed by atoms with Crippen molar-refractivity contribution in [2.45, 2.75) is 17.3 Å². The summed E-state index contributed by atoms with van der Waals surface area (Å²) in [6, 6.07) is 25.4. The molecule has 0 aliphatic heterocycles. The number of rotatable bonds is 8. The number of halogens is 2. The second kappa shape index (κ2) is 11.5. The zero-order valence-electron chi connectivity index (χ0n) is 21.0. The highest BCUT2D eigenvalue weighted by Gasteiger charge is 2.29. The van der Waals surface area contributed by atoms with E-state index in [4.69, 9.17) is 0 Å². The topological polar surface area (TPSA) is 103 Å². The van der Waals surface area contributed by atoms with Gasteiger partial charge in [0.2, 0.25) is 5.91 Å². The van der Waals surface area contributed by atoms with E-state index in [9.17, 15) is 19.3 Å². The fraction of sp³-hybridized carbons (Fsp3) is 0.0690. The smallest absolute Gasteiger partial charge is 0.293 e. The van der Waals surface area contributed by atoms with Crippen LogP contribution in [-0.4, -0.2) is 25.6 Å². The molecule has 0 radical (unpaired) electrons. The molecule has 4 aromatic carbocycles. The van der Waals surface area contributed by atoms with Crippen LogP contribution in [0.3, 0.4) is 0 Å². The third-order valence-corrected chi connectivity index (χ3v) is 7.18. The van der Waals surface area contributed by atoms with Crippen LogP contribution in [0.5, 0.6) is 0 Å². The van der Waals surface area contributed by atoms with Crippen molar-refractivity contribution >= 4 is 29.0 Å². The van der Waals surface area contributed by atoms with Crippen LogP contribution in [-0.2, 0) is 4.79 Å². The van der Waals surface area contributed by atoms with E-state index in [-0.39, 0.29) is 28.0 Å².